The Morgan fingerprint density at radius 3 is 2.57 bits per heavy atom. The van der Waals surface area contributed by atoms with Gasteiger partial charge < -0.3 is 19.2 Å². The summed E-state index contributed by atoms with van der Waals surface area (Å²) in [4.78, 5) is 0. The van der Waals surface area contributed by atoms with Gasteiger partial charge in [0, 0.05) is 12.5 Å². The number of fused-ring (bicyclic) bond motifs is 1. The summed E-state index contributed by atoms with van der Waals surface area (Å²) in [6.45, 7) is 5.66. The number of furan rings is 1. The van der Waals surface area contributed by atoms with E-state index >= 15 is 0 Å². The lowest BCUT2D eigenvalue weighted by atomic mass is 10.1. The van der Waals surface area contributed by atoms with Crippen LogP contribution in [0.15, 0.2) is 41.0 Å². The van der Waals surface area contributed by atoms with Crippen LogP contribution in [0.3, 0.4) is 0 Å². The zero-order valence-electron chi connectivity index (χ0n) is 12.5. The molecule has 0 saturated carbocycles. The van der Waals surface area contributed by atoms with Crippen molar-refractivity contribution >= 4 is 0 Å². The molecule has 1 N–H and O–H groups in total. The van der Waals surface area contributed by atoms with E-state index in [9.17, 15) is 0 Å². The van der Waals surface area contributed by atoms with Gasteiger partial charge in [0.2, 0.25) is 0 Å². The molecule has 2 aromatic rings. The maximum Gasteiger partial charge on any atom is 0.161 e. The van der Waals surface area contributed by atoms with Gasteiger partial charge in [0.25, 0.3) is 0 Å². The predicted octanol–water partition coefficient (Wildman–Crippen LogP) is 3.85. The Morgan fingerprint density at radius 1 is 1.00 bits per heavy atom. The Bertz CT molecular complexity index is 580. The molecule has 21 heavy (non-hydrogen) atoms. The van der Waals surface area contributed by atoms with E-state index in [1.54, 1.807) is 6.26 Å². The van der Waals surface area contributed by atoms with E-state index in [-0.39, 0.29) is 12.1 Å². The third-order valence-electron chi connectivity index (χ3n) is 3.74. The second kappa shape index (κ2) is 6.22. The van der Waals surface area contributed by atoms with Crippen LogP contribution in [0.2, 0.25) is 0 Å². The zero-order chi connectivity index (χ0) is 14.7. The lowest BCUT2D eigenvalue weighted by Gasteiger charge is -2.20. The second-order valence-electron chi connectivity index (χ2n) is 5.38. The minimum absolute atomic E-state index is 0.158. The molecule has 0 aliphatic carbocycles. The summed E-state index contributed by atoms with van der Waals surface area (Å²) < 4.78 is 16.8. The molecule has 1 aromatic carbocycles. The monoisotopic (exact) mass is 287 g/mol. The van der Waals surface area contributed by atoms with Gasteiger partial charge in [-0.05, 0) is 43.7 Å². The summed E-state index contributed by atoms with van der Waals surface area (Å²) in [5.41, 5.74) is 1.18. The lowest BCUT2D eigenvalue weighted by Crippen LogP contribution is -2.22. The van der Waals surface area contributed by atoms with E-state index < -0.39 is 0 Å². The highest BCUT2D eigenvalue weighted by atomic mass is 16.5. The van der Waals surface area contributed by atoms with Crippen LogP contribution in [0, 0.1) is 0 Å². The highest BCUT2D eigenvalue weighted by molar-refractivity contribution is 5.44. The van der Waals surface area contributed by atoms with Crippen LogP contribution in [0.4, 0.5) is 0 Å². The summed E-state index contributed by atoms with van der Waals surface area (Å²) in [5.74, 6) is 2.61. The number of hydrogen-bond donors (Lipinski definition) is 1. The highest BCUT2D eigenvalue weighted by Crippen LogP contribution is 2.32. The predicted molar refractivity (Wildman–Crippen MR) is 80.7 cm³/mol. The van der Waals surface area contributed by atoms with Gasteiger partial charge in [0.05, 0.1) is 25.5 Å². The van der Waals surface area contributed by atoms with Crippen LogP contribution in [0.25, 0.3) is 0 Å². The molecule has 4 nitrogen and oxygen atoms in total. The van der Waals surface area contributed by atoms with Crippen molar-refractivity contribution in [1.82, 2.24) is 5.32 Å². The summed E-state index contributed by atoms with van der Waals surface area (Å²) in [6, 6.07) is 10.4. The fourth-order valence-electron chi connectivity index (χ4n) is 2.54. The van der Waals surface area contributed by atoms with Crippen molar-refractivity contribution in [3.05, 3.63) is 47.9 Å². The minimum Gasteiger partial charge on any atom is -0.490 e. The van der Waals surface area contributed by atoms with Gasteiger partial charge in [-0.25, -0.2) is 0 Å². The van der Waals surface area contributed by atoms with Crippen molar-refractivity contribution in [3.8, 4) is 11.5 Å². The quantitative estimate of drug-likeness (QED) is 0.927. The van der Waals surface area contributed by atoms with Gasteiger partial charge in [-0.1, -0.05) is 6.07 Å². The van der Waals surface area contributed by atoms with Crippen molar-refractivity contribution in [2.45, 2.75) is 32.4 Å². The minimum atomic E-state index is 0.158. The molecule has 3 rings (SSSR count). The van der Waals surface area contributed by atoms with Crippen molar-refractivity contribution < 1.29 is 13.9 Å². The normalized spacial score (nSPS) is 17.0. The Hall–Kier alpha value is -1.94. The van der Waals surface area contributed by atoms with E-state index in [2.05, 4.69) is 31.3 Å². The molecule has 0 amide bonds. The van der Waals surface area contributed by atoms with Gasteiger partial charge in [0.1, 0.15) is 5.76 Å². The SMILES string of the molecule is CC(N[C@H](C)c1ccco1)c1ccc2c(c1)OCCCO2. The molecule has 2 atom stereocenters. The average Bonchev–Trinajstić information content (AvgIpc) is 2.92. The first-order chi connectivity index (χ1) is 10.2. The Labute approximate surface area is 125 Å². The summed E-state index contributed by atoms with van der Waals surface area (Å²) in [7, 11) is 0. The average molecular weight is 287 g/mol. The smallest absolute Gasteiger partial charge is 0.161 e. The standard InChI is InChI=1S/C17H21NO3/c1-12(18-13(2)15-5-3-8-19-15)14-6-7-16-17(11-14)21-10-4-9-20-16/h3,5-8,11-13,18H,4,9-10H2,1-2H3/t12?,13-/m1/s1. The molecule has 1 aromatic heterocycles. The van der Waals surface area contributed by atoms with Gasteiger partial charge in [-0.2, -0.15) is 0 Å². The molecule has 4 heteroatoms. The van der Waals surface area contributed by atoms with Crippen LogP contribution in [0.1, 0.15) is 43.7 Å². The van der Waals surface area contributed by atoms with Crippen LogP contribution in [0.5, 0.6) is 11.5 Å². The van der Waals surface area contributed by atoms with Crippen LogP contribution < -0.4 is 14.8 Å². The summed E-state index contributed by atoms with van der Waals surface area (Å²) >= 11 is 0. The van der Waals surface area contributed by atoms with E-state index in [4.69, 9.17) is 13.9 Å². The van der Waals surface area contributed by atoms with Crippen molar-refractivity contribution in [3.63, 3.8) is 0 Å². The fourth-order valence-corrected chi connectivity index (χ4v) is 2.54. The first-order valence-electron chi connectivity index (χ1n) is 7.43. The molecule has 0 radical (unpaired) electrons. The van der Waals surface area contributed by atoms with Crippen molar-refractivity contribution in [1.29, 1.82) is 0 Å². The highest BCUT2D eigenvalue weighted by Gasteiger charge is 2.16. The topological polar surface area (TPSA) is 43.6 Å². The van der Waals surface area contributed by atoms with E-state index in [1.807, 2.05) is 18.2 Å². The Morgan fingerprint density at radius 2 is 1.81 bits per heavy atom. The molecule has 112 valence electrons. The first-order valence-corrected chi connectivity index (χ1v) is 7.43. The van der Waals surface area contributed by atoms with Crippen molar-refractivity contribution in [2.24, 2.45) is 0 Å². The molecule has 0 spiro atoms. The molecule has 2 heterocycles. The van der Waals surface area contributed by atoms with Gasteiger partial charge in [0.15, 0.2) is 11.5 Å². The third kappa shape index (κ3) is 3.22. The number of hydrogen-bond acceptors (Lipinski definition) is 4. The molecule has 0 saturated heterocycles. The molecular weight excluding hydrogens is 266 g/mol. The van der Waals surface area contributed by atoms with E-state index in [0.717, 1.165) is 30.3 Å². The number of nitrogens with one attached hydrogen (secondary N) is 1. The number of rotatable bonds is 4. The number of ether oxygens (including phenoxy) is 2. The Kier molecular flexibility index (Phi) is 4.15. The summed E-state index contributed by atoms with van der Waals surface area (Å²) in [5, 5.41) is 3.53. The lowest BCUT2D eigenvalue weighted by molar-refractivity contribution is 0.297. The van der Waals surface area contributed by atoms with Gasteiger partial charge in [-0.3, -0.25) is 0 Å². The molecule has 1 aliphatic rings. The maximum atomic E-state index is 5.75. The molecule has 1 aliphatic heterocycles. The second-order valence-corrected chi connectivity index (χ2v) is 5.38. The molecule has 1 unspecified atom stereocenters. The third-order valence-corrected chi connectivity index (χ3v) is 3.74. The van der Waals surface area contributed by atoms with Crippen LogP contribution in [-0.2, 0) is 0 Å². The van der Waals surface area contributed by atoms with E-state index in [1.165, 1.54) is 5.56 Å². The Balaban J connectivity index is 1.72. The number of benzene rings is 1. The largest absolute Gasteiger partial charge is 0.490 e. The molecule has 0 fully saturated rings. The van der Waals surface area contributed by atoms with Gasteiger partial charge >= 0.3 is 0 Å². The zero-order valence-corrected chi connectivity index (χ0v) is 12.5. The molecular formula is C17H21NO3. The fraction of sp³-hybridized carbons (Fsp3) is 0.412. The van der Waals surface area contributed by atoms with Crippen LogP contribution >= 0.6 is 0 Å². The first kappa shape index (κ1) is 14.0. The van der Waals surface area contributed by atoms with Crippen molar-refractivity contribution in [2.75, 3.05) is 13.2 Å². The van der Waals surface area contributed by atoms with Gasteiger partial charge in [-0.15, -0.1) is 0 Å². The maximum absolute atomic E-state index is 5.75. The van der Waals surface area contributed by atoms with E-state index in [0.29, 0.717) is 6.61 Å². The molecule has 0 bridgehead atoms. The summed E-state index contributed by atoms with van der Waals surface area (Å²) in [6.07, 6.45) is 2.62. The van der Waals surface area contributed by atoms with Crippen LogP contribution in [-0.4, -0.2) is 13.2 Å².